The Labute approximate surface area is 136 Å². The number of fused-ring (bicyclic) bond motifs is 1. The van der Waals surface area contributed by atoms with E-state index in [0.29, 0.717) is 4.88 Å². The van der Waals surface area contributed by atoms with Crippen LogP contribution in [0.25, 0.3) is 0 Å². The third-order valence-corrected chi connectivity index (χ3v) is 4.90. The summed E-state index contributed by atoms with van der Waals surface area (Å²) in [5.41, 5.74) is 0. The molecule has 0 saturated heterocycles. The molecule has 0 saturated carbocycles. The first-order chi connectivity index (χ1) is 11.1. The van der Waals surface area contributed by atoms with Crippen LogP contribution in [0.2, 0.25) is 0 Å². The average Bonchev–Trinajstić information content (AvgIpc) is 3.10. The smallest absolute Gasteiger partial charge is 0.324 e. The minimum absolute atomic E-state index is 0.0425. The SMILES string of the molecule is C[C@@H](NC(=O)c1ccc([N+](=O)[O-])s1)c1nnc2n1CCCCC2. The first-order valence-electron chi connectivity index (χ1n) is 7.53. The maximum atomic E-state index is 12.2. The third kappa shape index (κ3) is 3.24. The van der Waals surface area contributed by atoms with Crippen LogP contribution in [0.15, 0.2) is 12.1 Å². The van der Waals surface area contributed by atoms with Gasteiger partial charge in [0.15, 0.2) is 5.82 Å². The van der Waals surface area contributed by atoms with Gasteiger partial charge in [-0.25, -0.2) is 0 Å². The zero-order valence-electron chi connectivity index (χ0n) is 12.7. The third-order valence-electron chi connectivity index (χ3n) is 3.87. The molecular weight excluding hydrogens is 318 g/mol. The first kappa shape index (κ1) is 15.6. The molecule has 3 heterocycles. The van der Waals surface area contributed by atoms with E-state index >= 15 is 0 Å². The fourth-order valence-electron chi connectivity index (χ4n) is 2.71. The van der Waals surface area contributed by atoms with Crippen molar-refractivity contribution in [2.75, 3.05) is 0 Å². The van der Waals surface area contributed by atoms with Gasteiger partial charge in [0.1, 0.15) is 5.82 Å². The van der Waals surface area contributed by atoms with Crippen LogP contribution < -0.4 is 5.32 Å². The Morgan fingerprint density at radius 3 is 2.96 bits per heavy atom. The fourth-order valence-corrected chi connectivity index (χ4v) is 3.43. The molecule has 122 valence electrons. The summed E-state index contributed by atoms with van der Waals surface area (Å²) in [4.78, 5) is 22.8. The highest BCUT2D eigenvalue weighted by Crippen LogP contribution is 2.25. The summed E-state index contributed by atoms with van der Waals surface area (Å²) in [5.74, 6) is 1.37. The molecule has 0 aromatic carbocycles. The second kappa shape index (κ2) is 6.45. The molecule has 1 N–H and O–H groups in total. The molecule has 1 aliphatic rings. The summed E-state index contributed by atoms with van der Waals surface area (Å²) in [6.45, 7) is 2.71. The van der Waals surface area contributed by atoms with Gasteiger partial charge in [-0.2, -0.15) is 0 Å². The molecule has 0 spiro atoms. The standard InChI is InChI=1S/C14H17N5O3S/c1-9(13-17-16-11-5-3-2-4-8-18(11)13)15-14(20)10-6-7-12(23-10)19(21)22/h6-7,9H,2-5,8H2,1H3,(H,15,20)/t9-/m1/s1. The minimum Gasteiger partial charge on any atom is -0.342 e. The molecule has 0 aliphatic carbocycles. The zero-order chi connectivity index (χ0) is 16.4. The summed E-state index contributed by atoms with van der Waals surface area (Å²) in [5, 5.41) is 21.9. The molecule has 1 aliphatic heterocycles. The van der Waals surface area contributed by atoms with Crippen LogP contribution in [-0.4, -0.2) is 25.6 Å². The van der Waals surface area contributed by atoms with E-state index in [1.165, 1.54) is 18.6 Å². The Bertz CT molecular complexity index is 739. The number of thiophene rings is 1. The van der Waals surface area contributed by atoms with Gasteiger partial charge in [-0.15, -0.1) is 10.2 Å². The maximum absolute atomic E-state index is 12.2. The van der Waals surface area contributed by atoms with Crippen molar-refractivity contribution in [2.45, 2.75) is 45.2 Å². The molecule has 2 aromatic rings. The molecule has 8 nitrogen and oxygen atoms in total. The summed E-state index contributed by atoms with van der Waals surface area (Å²) in [6, 6.07) is 2.51. The van der Waals surface area contributed by atoms with Crippen molar-refractivity contribution in [2.24, 2.45) is 0 Å². The summed E-state index contributed by atoms with van der Waals surface area (Å²) in [6.07, 6.45) is 4.26. The molecule has 0 fully saturated rings. The molecule has 2 aromatic heterocycles. The van der Waals surface area contributed by atoms with E-state index < -0.39 is 4.92 Å². The monoisotopic (exact) mass is 335 g/mol. The van der Waals surface area contributed by atoms with Gasteiger partial charge in [0, 0.05) is 19.0 Å². The Morgan fingerprint density at radius 2 is 2.22 bits per heavy atom. The minimum atomic E-state index is -0.497. The molecule has 0 bridgehead atoms. The van der Waals surface area contributed by atoms with E-state index in [1.807, 2.05) is 6.92 Å². The van der Waals surface area contributed by atoms with Crippen molar-refractivity contribution in [1.29, 1.82) is 0 Å². The summed E-state index contributed by atoms with van der Waals surface area (Å²) < 4.78 is 2.08. The van der Waals surface area contributed by atoms with Crippen LogP contribution in [0.4, 0.5) is 5.00 Å². The molecule has 1 amide bonds. The number of aromatic nitrogens is 3. The summed E-state index contributed by atoms with van der Waals surface area (Å²) in [7, 11) is 0. The number of nitro groups is 1. The normalized spacial score (nSPS) is 15.5. The van der Waals surface area contributed by atoms with Crippen molar-refractivity contribution in [3.05, 3.63) is 38.8 Å². The quantitative estimate of drug-likeness (QED) is 0.683. The van der Waals surface area contributed by atoms with Gasteiger partial charge in [0.2, 0.25) is 0 Å². The number of amides is 1. The molecular formula is C14H17N5O3S. The van der Waals surface area contributed by atoms with Gasteiger partial charge in [-0.3, -0.25) is 14.9 Å². The lowest BCUT2D eigenvalue weighted by molar-refractivity contribution is -0.380. The van der Waals surface area contributed by atoms with E-state index in [0.717, 1.165) is 48.8 Å². The van der Waals surface area contributed by atoms with Crippen LogP contribution in [0.5, 0.6) is 0 Å². The highest BCUT2D eigenvalue weighted by molar-refractivity contribution is 7.17. The topological polar surface area (TPSA) is 103 Å². The van der Waals surface area contributed by atoms with Crippen molar-refractivity contribution in [1.82, 2.24) is 20.1 Å². The van der Waals surface area contributed by atoms with Crippen molar-refractivity contribution < 1.29 is 9.72 Å². The van der Waals surface area contributed by atoms with E-state index in [2.05, 4.69) is 20.1 Å². The van der Waals surface area contributed by atoms with Gasteiger partial charge < -0.3 is 9.88 Å². The fraction of sp³-hybridized carbons (Fsp3) is 0.500. The van der Waals surface area contributed by atoms with Crippen LogP contribution in [0.3, 0.4) is 0 Å². The number of carbonyl (C=O) groups is 1. The number of nitrogens with zero attached hydrogens (tertiary/aromatic N) is 4. The second-order valence-electron chi connectivity index (χ2n) is 5.53. The lowest BCUT2D eigenvalue weighted by atomic mass is 10.2. The molecule has 9 heteroatoms. The number of aryl methyl sites for hydroxylation is 1. The van der Waals surface area contributed by atoms with Crippen LogP contribution >= 0.6 is 11.3 Å². The first-order valence-corrected chi connectivity index (χ1v) is 8.35. The molecule has 1 atom stereocenters. The van der Waals surface area contributed by atoms with Crippen LogP contribution in [-0.2, 0) is 13.0 Å². The van der Waals surface area contributed by atoms with E-state index in [-0.39, 0.29) is 17.0 Å². The van der Waals surface area contributed by atoms with Crippen LogP contribution in [0.1, 0.15) is 53.5 Å². The van der Waals surface area contributed by atoms with Crippen molar-refractivity contribution in [3.63, 3.8) is 0 Å². The van der Waals surface area contributed by atoms with Crippen molar-refractivity contribution >= 4 is 22.2 Å². The summed E-state index contributed by atoms with van der Waals surface area (Å²) >= 11 is 0.866. The molecule has 0 unspecified atom stereocenters. The zero-order valence-corrected chi connectivity index (χ0v) is 13.5. The van der Waals surface area contributed by atoms with Gasteiger partial charge >= 0.3 is 5.00 Å². The number of hydrogen-bond donors (Lipinski definition) is 1. The number of rotatable bonds is 4. The lowest BCUT2D eigenvalue weighted by Crippen LogP contribution is -2.28. The van der Waals surface area contributed by atoms with Gasteiger partial charge in [0.05, 0.1) is 15.8 Å². The number of nitrogens with one attached hydrogen (secondary N) is 1. The highest BCUT2D eigenvalue weighted by atomic mass is 32.1. The van der Waals surface area contributed by atoms with Crippen LogP contribution in [0, 0.1) is 10.1 Å². The Morgan fingerprint density at radius 1 is 1.39 bits per heavy atom. The number of carbonyl (C=O) groups excluding carboxylic acids is 1. The van der Waals surface area contributed by atoms with E-state index in [4.69, 9.17) is 0 Å². The van der Waals surface area contributed by atoms with Gasteiger partial charge in [0.25, 0.3) is 5.91 Å². The Balaban J connectivity index is 1.73. The van der Waals surface area contributed by atoms with E-state index in [9.17, 15) is 14.9 Å². The molecule has 0 radical (unpaired) electrons. The lowest BCUT2D eigenvalue weighted by Gasteiger charge is -2.14. The predicted molar refractivity (Wildman–Crippen MR) is 84.4 cm³/mol. The predicted octanol–water partition coefficient (Wildman–Crippen LogP) is 2.47. The van der Waals surface area contributed by atoms with E-state index in [1.54, 1.807) is 0 Å². The van der Waals surface area contributed by atoms with Gasteiger partial charge in [-0.05, 0) is 25.8 Å². The molecule has 3 rings (SSSR count). The average molecular weight is 335 g/mol. The largest absolute Gasteiger partial charge is 0.342 e. The second-order valence-corrected chi connectivity index (χ2v) is 6.59. The Hall–Kier alpha value is -2.29. The van der Waals surface area contributed by atoms with Crippen molar-refractivity contribution in [3.8, 4) is 0 Å². The maximum Gasteiger partial charge on any atom is 0.324 e. The molecule has 23 heavy (non-hydrogen) atoms. The Kier molecular flexibility index (Phi) is 4.37. The van der Waals surface area contributed by atoms with Gasteiger partial charge in [-0.1, -0.05) is 17.8 Å². The number of hydrogen-bond acceptors (Lipinski definition) is 6. The highest BCUT2D eigenvalue weighted by Gasteiger charge is 2.22.